The van der Waals surface area contributed by atoms with Crippen LogP contribution in [0.15, 0.2) is 72.8 Å². The smallest absolute Gasteiger partial charge is 0.338 e. The van der Waals surface area contributed by atoms with E-state index in [2.05, 4.69) is 6.58 Å². The zero-order valence-electron chi connectivity index (χ0n) is 18.3. The van der Waals surface area contributed by atoms with Crippen molar-refractivity contribution in [3.8, 4) is 28.4 Å². The molecular formula is C27H24O5. The number of hydrogen-bond donors (Lipinski definition) is 0. The lowest BCUT2D eigenvalue weighted by Gasteiger charge is -2.15. The van der Waals surface area contributed by atoms with E-state index >= 15 is 0 Å². The fourth-order valence-corrected chi connectivity index (χ4v) is 3.10. The average Bonchev–Trinajstić information content (AvgIpc) is 2.80. The second-order valence-electron chi connectivity index (χ2n) is 7.17. The first kappa shape index (κ1) is 22.6. The van der Waals surface area contributed by atoms with Gasteiger partial charge in [0.2, 0.25) is 0 Å². The maximum atomic E-state index is 12.3. The number of esters is 1. The van der Waals surface area contributed by atoms with Gasteiger partial charge in [0, 0.05) is 11.1 Å². The highest BCUT2D eigenvalue weighted by Gasteiger charge is 2.16. The number of methoxy groups -OCH3 is 1. The summed E-state index contributed by atoms with van der Waals surface area (Å²) in [5.74, 6) is 1.23. The van der Waals surface area contributed by atoms with E-state index in [1.54, 1.807) is 26.2 Å². The van der Waals surface area contributed by atoms with Gasteiger partial charge in [-0.15, -0.1) is 0 Å². The molecule has 0 radical (unpaired) electrons. The van der Waals surface area contributed by atoms with Crippen molar-refractivity contribution in [3.05, 3.63) is 89.5 Å². The lowest BCUT2D eigenvalue weighted by Crippen LogP contribution is -2.10. The molecule has 32 heavy (non-hydrogen) atoms. The van der Waals surface area contributed by atoms with E-state index in [0.717, 1.165) is 33.6 Å². The minimum Gasteiger partial charge on any atom is -0.497 e. The van der Waals surface area contributed by atoms with Crippen molar-refractivity contribution in [2.24, 2.45) is 0 Å². The van der Waals surface area contributed by atoms with Gasteiger partial charge in [-0.25, -0.2) is 4.79 Å². The largest absolute Gasteiger partial charge is 0.497 e. The van der Waals surface area contributed by atoms with Gasteiger partial charge in [0.15, 0.2) is 0 Å². The fraction of sp³-hybridized carbons (Fsp3) is 0.111. The monoisotopic (exact) mass is 428 g/mol. The van der Waals surface area contributed by atoms with E-state index in [1.807, 2.05) is 67.6 Å². The van der Waals surface area contributed by atoms with Gasteiger partial charge >= 0.3 is 5.97 Å². The van der Waals surface area contributed by atoms with E-state index in [1.165, 1.54) is 0 Å². The van der Waals surface area contributed by atoms with Gasteiger partial charge in [0.25, 0.3) is 6.47 Å². The highest BCUT2D eigenvalue weighted by atomic mass is 16.5. The molecule has 0 amide bonds. The second-order valence-corrected chi connectivity index (χ2v) is 7.17. The quantitative estimate of drug-likeness (QED) is 0.148. The maximum Gasteiger partial charge on any atom is 0.338 e. The summed E-state index contributed by atoms with van der Waals surface area (Å²) in [6.45, 7) is 7.61. The Labute approximate surface area is 187 Å². The minimum absolute atomic E-state index is 0.323. The van der Waals surface area contributed by atoms with Crippen molar-refractivity contribution >= 4 is 24.6 Å². The molecule has 0 aliphatic carbocycles. The maximum absolute atomic E-state index is 12.3. The average molecular weight is 428 g/mol. The number of hydrogen-bond acceptors (Lipinski definition) is 5. The number of rotatable bonds is 8. The Morgan fingerprint density at radius 1 is 0.906 bits per heavy atom. The van der Waals surface area contributed by atoms with Crippen LogP contribution < -0.4 is 14.2 Å². The summed E-state index contributed by atoms with van der Waals surface area (Å²) in [7, 11) is 1.61. The van der Waals surface area contributed by atoms with Crippen LogP contribution in [0.4, 0.5) is 0 Å². The zero-order chi connectivity index (χ0) is 23.1. The van der Waals surface area contributed by atoms with Gasteiger partial charge in [-0.2, -0.15) is 0 Å². The van der Waals surface area contributed by atoms with E-state index in [9.17, 15) is 9.59 Å². The number of carbonyl (C=O) groups is 2. The molecule has 3 aromatic rings. The van der Waals surface area contributed by atoms with Crippen molar-refractivity contribution < 1.29 is 23.8 Å². The molecule has 5 heteroatoms. The Kier molecular flexibility index (Phi) is 7.24. The molecule has 0 N–H and O–H groups in total. The van der Waals surface area contributed by atoms with E-state index in [0.29, 0.717) is 23.5 Å². The molecule has 162 valence electrons. The first-order chi connectivity index (χ1) is 15.4. The summed E-state index contributed by atoms with van der Waals surface area (Å²) >= 11 is 0. The van der Waals surface area contributed by atoms with Gasteiger partial charge in [0.1, 0.15) is 17.2 Å². The van der Waals surface area contributed by atoms with Crippen LogP contribution in [0.3, 0.4) is 0 Å². The summed E-state index contributed by atoms with van der Waals surface area (Å²) in [4.78, 5) is 22.8. The Bertz CT molecular complexity index is 1160. The summed E-state index contributed by atoms with van der Waals surface area (Å²) in [6.07, 6.45) is 3.88. The Morgan fingerprint density at radius 2 is 1.56 bits per heavy atom. The first-order valence-corrected chi connectivity index (χ1v) is 9.97. The van der Waals surface area contributed by atoms with E-state index < -0.39 is 5.97 Å². The number of ether oxygens (including phenoxy) is 3. The molecule has 0 aliphatic rings. The second kappa shape index (κ2) is 10.3. The molecule has 0 aliphatic heterocycles. The third-order valence-corrected chi connectivity index (χ3v) is 4.91. The molecule has 0 spiro atoms. The highest BCUT2D eigenvalue weighted by Crippen LogP contribution is 2.36. The molecule has 3 aromatic carbocycles. The molecule has 3 rings (SSSR count). The molecule has 0 fully saturated rings. The molecule has 0 atom stereocenters. The number of carbonyl (C=O) groups excluding carboxylic acids is 2. The zero-order valence-corrected chi connectivity index (χ0v) is 18.3. The number of benzene rings is 3. The third kappa shape index (κ3) is 5.32. The van der Waals surface area contributed by atoms with Gasteiger partial charge in [-0.3, -0.25) is 4.79 Å². The molecular weight excluding hydrogens is 404 g/mol. The molecule has 0 heterocycles. The third-order valence-electron chi connectivity index (χ3n) is 4.91. The molecule has 0 aromatic heterocycles. The molecule has 0 saturated carbocycles. The van der Waals surface area contributed by atoms with Gasteiger partial charge in [-0.05, 0) is 60.4 Å². The van der Waals surface area contributed by atoms with Crippen LogP contribution in [0.2, 0.25) is 0 Å². The highest BCUT2D eigenvalue weighted by molar-refractivity contribution is 5.91. The van der Waals surface area contributed by atoms with Crippen LogP contribution in [0, 0.1) is 6.92 Å². The Hall–Kier alpha value is -4.12. The van der Waals surface area contributed by atoms with E-state index in [-0.39, 0.29) is 0 Å². The van der Waals surface area contributed by atoms with Crippen molar-refractivity contribution in [3.63, 3.8) is 0 Å². The van der Waals surface area contributed by atoms with Crippen LogP contribution in [0.5, 0.6) is 17.2 Å². The van der Waals surface area contributed by atoms with Crippen molar-refractivity contribution in [2.75, 3.05) is 7.11 Å². The van der Waals surface area contributed by atoms with Crippen molar-refractivity contribution in [1.29, 1.82) is 0 Å². The summed E-state index contributed by atoms with van der Waals surface area (Å²) < 4.78 is 15.8. The van der Waals surface area contributed by atoms with Crippen LogP contribution in [-0.2, 0) is 9.59 Å². The molecule has 5 nitrogen and oxygen atoms in total. The van der Waals surface area contributed by atoms with E-state index in [4.69, 9.17) is 14.2 Å². The van der Waals surface area contributed by atoms with Crippen molar-refractivity contribution in [2.45, 2.75) is 13.8 Å². The predicted octanol–water partition coefficient (Wildman–Crippen LogP) is 5.86. The van der Waals surface area contributed by atoms with Gasteiger partial charge in [-0.1, -0.05) is 55.1 Å². The topological polar surface area (TPSA) is 61.8 Å². The normalized spacial score (nSPS) is 10.6. The predicted molar refractivity (Wildman–Crippen MR) is 126 cm³/mol. The lowest BCUT2D eigenvalue weighted by molar-refractivity contribution is -0.130. The summed E-state index contributed by atoms with van der Waals surface area (Å²) in [5.41, 5.74) is 4.68. The van der Waals surface area contributed by atoms with Crippen LogP contribution in [-0.4, -0.2) is 19.6 Å². The summed E-state index contributed by atoms with van der Waals surface area (Å²) in [6, 6.07) is 18.6. The van der Waals surface area contributed by atoms with Crippen LogP contribution in [0.25, 0.3) is 23.3 Å². The van der Waals surface area contributed by atoms with Gasteiger partial charge in [0.05, 0.1) is 7.11 Å². The van der Waals surface area contributed by atoms with Crippen molar-refractivity contribution in [1.82, 2.24) is 0 Å². The Balaban J connectivity index is 1.99. The SMILES string of the molecule is C=C(C)C(=O)Oc1c(-c2ccc(OC)cc2)ccc(/C=C/c2ccc(OC=O)cc2)c1C. The standard InChI is InChI=1S/C27H24O5/c1-18(2)27(29)32-26-19(3)21(8-5-20-6-12-24(13-7-20)31-17-28)11-16-25(26)22-9-14-23(30-4)15-10-22/h5-17H,1H2,2-4H3/b8-5+. The first-order valence-electron chi connectivity index (χ1n) is 9.97. The van der Waals surface area contributed by atoms with Crippen LogP contribution in [0.1, 0.15) is 23.6 Å². The molecule has 0 unspecified atom stereocenters. The molecule has 0 saturated heterocycles. The van der Waals surface area contributed by atoms with Crippen LogP contribution >= 0.6 is 0 Å². The Morgan fingerprint density at radius 3 is 2.16 bits per heavy atom. The fourth-order valence-electron chi connectivity index (χ4n) is 3.10. The van der Waals surface area contributed by atoms with Gasteiger partial charge < -0.3 is 14.2 Å². The minimum atomic E-state index is -0.477. The lowest BCUT2D eigenvalue weighted by atomic mass is 9.97. The molecule has 0 bridgehead atoms. The summed E-state index contributed by atoms with van der Waals surface area (Å²) in [5, 5.41) is 0.